The van der Waals surface area contributed by atoms with Crippen LogP contribution in [0.5, 0.6) is 0 Å². The predicted molar refractivity (Wildman–Crippen MR) is 143 cm³/mol. The van der Waals surface area contributed by atoms with Crippen LogP contribution in [0.15, 0.2) is 58.1 Å². The lowest BCUT2D eigenvalue weighted by Crippen LogP contribution is -2.30. The Morgan fingerprint density at radius 2 is 1.95 bits per heavy atom. The third-order valence-electron chi connectivity index (χ3n) is 6.61. The van der Waals surface area contributed by atoms with Crippen molar-refractivity contribution in [2.75, 3.05) is 4.72 Å². The quantitative estimate of drug-likeness (QED) is 0.217. The summed E-state index contributed by atoms with van der Waals surface area (Å²) in [6.07, 6.45) is 6.74. The van der Waals surface area contributed by atoms with Gasteiger partial charge >= 0.3 is 15.5 Å². The van der Waals surface area contributed by atoms with Gasteiger partial charge in [-0.2, -0.15) is 21.6 Å². The second-order valence-corrected chi connectivity index (χ2v) is 12.3. The molecular weight excluding hydrogens is 625 g/mol. The zero-order valence-corrected chi connectivity index (χ0v) is 23.2. The lowest BCUT2D eigenvalue weighted by atomic mass is 10.0. The number of nitrogens with one attached hydrogen (secondary N) is 1. The minimum Gasteiger partial charge on any atom is -0.472 e. The van der Waals surface area contributed by atoms with Crippen LogP contribution in [-0.4, -0.2) is 34.8 Å². The monoisotopic (exact) mass is 644 g/mol. The van der Waals surface area contributed by atoms with Gasteiger partial charge in [0.05, 0.1) is 36.8 Å². The van der Waals surface area contributed by atoms with E-state index in [1.807, 2.05) is 0 Å². The highest BCUT2D eigenvalue weighted by atomic mass is 79.9. The number of para-hydroxylation sites is 1. The number of nitrogens with two attached hydrogens (primary N) is 1. The molecule has 1 unspecified atom stereocenters. The van der Waals surface area contributed by atoms with Gasteiger partial charge in [-0.05, 0) is 57.9 Å². The van der Waals surface area contributed by atoms with Crippen LogP contribution in [0.4, 0.5) is 18.9 Å². The average molecular weight is 646 g/mol. The summed E-state index contributed by atoms with van der Waals surface area (Å²) in [5.41, 5.74) is 2.98. The fourth-order valence-corrected chi connectivity index (χ4v) is 6.34. The normalized spacial score (nSPS) is 15.0. The molecule has 1 aromatic carbocycles. The molecular formula is C25H21BrClF3N4O4S. The molecule has 2 aromatic rings. The Labute approximate surface area is 234 Å². The molecule has 2 aliphatic carbocycles. The number of alkyl halides is 4. The molecule has 39 heavy (non-hydrogen) atoms. The van der Waals surface area contributed by atoms with Gasteiger partial charge in [-0.3, -0.25) is 9.52 Å². The first kappa shape index (κ1) is 27.5. The minimum atomic E-state index is -5.70. The van der Waals surface area contributed by atoms with Crippen molar-refractivity contribution in [1.29, 1.82) is 0 Å². The van der Waals surface area contributed by atoms with Crippen molar-refractivity contribution >= 4 is 49.1 Å². The topological polar surface area (TPSA) is 120 Å². The van der Waals surface area contributed by atoms with Gasteiger partial charge in [0.1, 0.15) is 5.69 Å². The summed E-state index contributed by atoms with van der Waals surface area (Å²) in [4.78, 5) is 16.9. The maximum absolute atomic E-state index is 13.2. The van der Waals surface area contributed by atoms with E-state index in [1.165, 1.54) is 37.1 Å². The second kappa shape index (κ2) is 10.2. The lowest BCUT2D eigenvalue weighted by molar-refractivity contribution is -0.0429. The third kappa shape index (κ3) is 5.27. The number of carbonyl (C=O) groups is 1. The number of benzene rings is 1. The highest BCUT2D eigenvalue weighted by Gasteiger charge is 2.46. The summed E-state index contributed by atoms with van der Waals surface area (Å²) < 4.78 is 72.5. The SMILES string of the molecule is NC(=O)c1c(CC(Cl)C2CC2)ncn1Cc1c2ccocc-2c(Br)c1-c1ccccc1NS(=O)(=O)C(F)(F)F. The zero-order chi connectivity index (χ0) is 28.1. The Hall–Kier alpha value is -3.03. The Kier molecular flexibility index (Phi) is 7.18. The summed E-state index contributed by atoms with van der Waals surface area (Å²) >= 11 is 10.0. The van der Waals surface area contributed by atoms with E-state index in [9.17, 15) is 26.4 Å². The van der Waals surface area contributed by atoms with Gasteiger partial charge in [-0.15, -0.1) is 11.6 Å². The summed E-state index contributed by atoms with van der Waals surface area (Å²) in [5, 5.41) is -0.189. The van der Waals surface area contributed by atoms with Gasteiger partial charge in [-0.25, -0.2) is 4.98 Å². The predicted octanol–water partition coefficient (Wildman–Crippen LogP) is 5.98. The fraction of sp³-hybridized carbons (Fsp3) is 0.280. The van der Waals surface area contributed by atoms with Crippen molar-refractivity contribution in [2.24, 2.45) is 11.7 Å². The first-order valence-corrected chi connectivity index (χ1v) is 14.4. The molecule has 3 N–H and O–H groups in total. The molecule has 8 nitrogen and oxygen atoms in total. The summed E-state index contributed by atoms with van der Waals surface area (Å²) in [7, 11) is -5.70. The Morgan fingerprint density at radius 1 is 1.23 bits per heavy atom. The molecule has 1 fully saturated rings. The number of hydrogen-bond donors (Lipinski definition) is 2. The van der Waals surface area contributed by atoms with Crippen molar-refractivity contribution in [2.45, 2.75) is 36.7 Å². The van der Waals surface area contributed by atoms with Gasteiger partial charge < -0.3 is 14.7 Å². The Morgan fingerprint density at radius 3 is 2.62 bits per heavy atom. The molecule has 1 saturated carbocycles. The molecule has 2 heterocycles. The highest BCUT2D eigenvalue weighted by Crippen LogP contribution is 2.48. The number of imidazole rings is 1. The number of hydrogen-bond acceptors (Lipinski definition) is 5. The van der Waals surface area contributed by atoms with E-state index < -0.39 is 21.4 Å². The average Bonchev–Trinajstić information content (AvgIpc) is 3.59. The van der Waals surface area contributed by atoms with Crippen molar-refractivity contribution < 1.29 is 30.8 Å². The molecule has 14 heteroatoms. The zero-order valence-electron chi connectivity index (χ0n) is 20.0. The molecule has 5 rings (SSSR count). The minimum absolute atomic E-state index is 0.0451. The van der Waals surface area contributed by atoms with Gasteiger partial charge in [0.25, 0.3) is 5.91 Å². The summed E-state index contributed by atoms with van der Waals surface area (Å²) in [6, 6.07) is 7.39. The number of aromatic nitrogens is 2. The van der Waals surface area contributed by atoms with Crippen LogP contribution in [0.1, 0.15) is 34.6 Å². The fourth-order valence-electron chi connectivity index (χ4n) is 4.60. The number of anilines is 1. The van der Waals surface area contributed by atoms with Crippen LogP contribution in [0, 0.1) is 5.92 Å². The summed E-state index contributed by atoms with van der Waals surface area (Å²) in [5.74, 6) is -0.341. The molecule has 206 valence electrons. The third-order valence-corrected chi connectivity index (χ3v) is 9.05. The van der Waals surface area contributed by atoms with Gasteiger partial charge in [0, 0.05) is 33.0 Å². The molecule has 1 amide bonds. The van der Waals surface area contributed by atoms with Gasteiger partial charge in [0.15, 0.2) is 0 Å². The number of carbonyl (C=O) groups excluding carboxylic acids is 1. The summed E-state index contributed by atoms with van der Waals surface area (Å²) in [6.45, 7) is 0.0451. The van der Waals surface area contributed by atoms with Crippen LogP contribution < -0.4 is 10.5 Å². The number of rotatable bonds is 9. The molecule has 1 aromatic heterocycles. The second-order valence-electron chi connectivity index (χ2n) is 9.24. The van der Waals surface area contributed by atoms with E-state index in [2.05, 4.69) is 20.9 Å². The largest absolute Gasteiger partial charge is 0.516 e. The molecule has 0 radical (unpaired) electrons. The van der Waals surface area contributed by atoms with Crippen LogP contribution in [-0.2, 0) is 23.0 Å². The van der Waals surface area contributed by atoms with Gasteiger partial charge in [0.2, 0.25) is 0 Å². The molecule has 0 saturated heterocycles. The smallest absolute Gasteiger partial charge is 0.472 e. The first-order chi connectivity index (χ1) is 18.4. The molecule has 3 aliphatic rings. The van der Waals surface area contributed by atoms with E-state index in [4.69, 9.17) is 21.8 Å². The van der Waals surface area contributed by atoms with Crippen LogP contribution in [0.2, 0.25) is 0 Å². The van der Waals surface area contributed by atoms with E-state index in [1.54, 1.807) is 21.4 Å². The Bertz CT molecular complexity index is 1630. The van der Waals surface area contributed by atoms with E-state index in [0.29, 0.717) is 44.8 Å². The van der Waals surface area contributed by atoms with E-state index in [0.717, 1.165) is 12.8 Å². The molecule has 1 aliphatic heterocycles. The first-order valence-electron chi connectivity index (χ1n) is 11.7. The van der Waals surface area contributed by atoms with Crippen molar-refractivity contribution in [3.05, 3.63) is 70.6 Å². The van der Waals surface area contributed by atoms with E-state index >= 15 is 0 Å². The maximum Gasteiger partial charge on any atom is 0.516 e. The number of halogens is 5. The maximum atomic E-state index is 13.2. The molecule has 0 spiro atoms. The molecule has 1 atom stereocenters. The van der Waals surface area contributed by atoms with Crippen LogP contribution in [0.3, 0.4) is 0 Å². The van der Waals surface area contributed by atoms with Crippen molar-refractivity contribution in [3.63, 3.8) is 0 Å². The van der Waals surface area contributed by atoms with Crippen LogP contribution in [0.25, 0.3) is 22.3 Å². The Balaban J connectivity index is 1.64. The number of fused-ring (bicyclic) bond motifs is 1. The number of amides is 1. The standard InChI is InChI=1S/C25H21BrClF3N4O4S/c26-22-17-11-38-8-7-14(17)16(10-34-12-32-20(23(34)24(31)35)9-18(27)13-5-6-13)21(22)15-3-1-2-4-19(15)33-39(36,37)25(28,29)30/h1-4,7-8,11-13,18,33H,5-6,9-10H2,(H2,31,35). The lowest BCUT2D eigenvalue weighted by Gasteiger charge is -2.16. The van der Waals surface area contributed by atoms with Crippen molar-refractivity contribution in [3.8, 4) is 22.3 Å². The number of sulfonamides is 1. The van der Waals surface area contributed by atoms with Gasteiger partial charge in [-0.1, -0.05) is 18.2 Å². The van der Waals surface area contributed by atoms with Crippen molar-refractivity contribution in [1.82, 2.24) is 9.55 Å². The number of nitrogens with zero attached hydrogens (tertiary/aromatic N) is 2. The van der Waals surface area contributed by atoms with E-state index in [-0.39, 0.29) is 28.9 Å². The number of primary amides is 1. The molecule has 0 bridgehead atoms. The highest BCUT2D eigenvalue weighted by molar-refractivity contribution is 9.10. The van der Waals surface area contributed by atoms with Crippen LogP contribution >= 0.6 is 27.5 Å².